The van der Waals surface area contributed by atoms with Crippen molar-refractivity contribution in [2.45, 2.75) is 17.3 Å². The van der Waals surface area contributed by atoms with E-state index in [1.807, 2.05) is 66.1 Å². The smallest absolute Gasteiger partial charge is 0.238 e. The number of methoxy groups -OCH3 is 1. The molecule has 4 rings (SSSR count). The van der Waals surface area contributed by atoms with E-state index < -0.39 is 5.25 Å². The van der Waals surface area contributed by atoms with Crippen molar-refractivity contribution in [2.75, 3.05) is 12.4 Å². The van der Waals surface area contributed by atoms with Gasteiger partial charge in [-0.1, -0.05) is 41.6 Å². The van der Waals surface area contributed by atoms with Gasteiger partial charge in [0.2, 0.25) is 5.91 Å². The number of halogens is 1. The van der Waals surface area contributed by atoms with Gasteiger partial charge < -0.3 is 10.1 Å². The summed E-state index contributed by atoms with van der Waals surface area (Å²) in [5, 5.41) is 12.3. The number of carbonyl (C=O) groups is 1. The zero-order valence-corrected chi connectivity index (χ0v) is 19.0. The topological polar surface area (TPSA) is 81.9 Å². The van der Waals surface area contributed by atoms with Gasteiger partial charge in [-0.2, -0.15) is 0 Å². The van der Waals surface area contributed by atoms with Gasteiger partial charge in [-0.3, -0.25) is 9.36 Å². The number of hydrogen-bond donors (Lipinski definition) is 1. The van der Waals surface area contributed by atoms with Crippen LogP contribution in [0.5, 0.6) is 5.75 Å². The number of rotatable bonds is 7. The molecule has 2 heterocycles. The lowest BCUT2D eigenvalue weighted by Gasteiger charge is -2.14. The Morgan fingerprint density at radius 3 is 2.47 bits per heavy atom. The van der Waals surface area contributed by atoms with Gasteiger partial charge in [0.15, 0.2) is 11.0 Å². The molecule has 1 atom stereocenters. The van der Waals surface area contributed by atoms with Gasteiger partial charge in [-0.25, -0.2) is 4.98 Å². The van der Waals surface area contributed by atoms with Crippen molar-refractivity contribution in [3.63, 3.8) is 0 Å². The van der Waals surface area contributed by atoms with Gasteiger partial charge in [0.05, 0.1) is 17.4 Å². The fourth-order valence-corrected chi connectivity index (χ4v) is 3.95. The summed E-state index contributed by atoms with van der Waals surface area (Å²) in [6.45, 7) is 1.81. The maximum Gasteiger partial charge on any atom is 0.238 e. The van der Waals surface area contributed by atoms with Crippen LogP contribution < -0.4 is 10.1 Å². The third kappa shape index (κ3) is 4.92. The molecule has 0 spiro atoms. The molecule has 0 bridgehead atoms. The first-order chi connectivity index (χ1) is 15.5. The van der Waals surface area contributed by atoms with E-state index in [-0.39, 0.29) is 5.91 Å². The second-order valence-corrected chi connectivity index (χ2v) is 8.56. The summed E-state index contributed by atoms with van der Waals surface area (Å²) in [5.41, 5.74) is 1.79. The van der Waals surface area contributed by atoms with Crippen molar-refractivity contribution in [2.24, 2.45) is 0 Å². The van der Waals surface area contributed by atoms with Crippen molar-refractivity contribution in [3.05, 3.63) is 77.9 Å². The molecule has 162 valence electrons. The number of hydrogen-bond acceptors (Lipinski definition) is 6. The number of nitrogens with one attached hydrogen (secondary N) is 1. The van der Waals surface area contributed by atoms with Crippen molar-refractivity contribution >= 4 is 35.1 Å². The second kappa shape index (κ2) is 9.84. The van der Waals surface area contributed by atoms with Crippen molar-refractivity contribution in [1.82, 2.24) is 19.7 Å². The lowest BCUT2D eigenvalue weighted by molar-refractivity contribution is -0.115. The first-order valence-electron chi connectivity index (χ1n) is 9.79. The molecular weight excluding hydrogens is 446 g/mol. The lowest BCUT2D eigenvalue weighted by atomic mass is 10.2. The van der Waals surface area contributed by atoms with Gasteiger partial charge in [0.25, 0.3) is 0 Å². The Labute approximate surface area is 194 Å². The molecule has 0 aliphatic carbocycles. The highest BCUT2D eigenvalue weighted by atomic mass is 35.5. The van der Waals surface area contributed by atoms with E-state index >= 15 is 0 Å². The van der Waals surface area contributed by atoms with Gasteiger partial charge in [-0.15, -0.1) is 10.2 Å². The molecule has 0 saturated heterocycles. The van der Waals surface area contributed by atoms with Gasteiger partial charge in [-0.05, 0) is 55.5 Å². The average molecular weight is 466 g/mol. The average Bonchev–Trinajstić information content (AvgIpc) is 3.24. The van der Waals surface area contributed by atoms with Crippen LogP contribution in [-0.2, 0) is 4.79 Å². The zero-order chi connectivity index (χ0) is 22.5. The van der Waals surface area contributed by atoms with E-state index in [4.69, 9.17) is 16.3 Å². The van der Waals surface area contributed by atoms with Crippen LogP contribution in [0.25, 0.3) is 17.1 Å². The molecule has 1 N–H and O–H groups in total. The van der Waals surface area contributed by atoms with Crippen LogP contribution >= 0.6 is 23.4 Å². The number of carbonyl (C=O) groups excluding carboxylic acids is 1. The van der Waals surface area contributed by atoms with E-state index in [0.29, 0.717) is 21.8 Å². The summed E-state index contributed by atoms with van der Waals surface area (Å²) in [6.07, 6.45) is 1.49. The Morgan fingerprint density at radius 1 is 1.06 bits per heavy atom. The number of anilines is 1. The summed E-state index contributed by atoms with van der Waals surface area (Å²) in [4.78, 5) is 16.8. The first kappa shape index (κ1) is 21.9. The molecule has 1 amide bonds. The van der Waals surface area contributed by atoms with Gasteiger partial charge >= 0.3 is 0 Å². The molecule has 32 heavy (non-hydrogen) atoms. The number of ether oxygens (including phenoxy) is 1. The molecule has 7 nitrogen and oxygen atoms in total. The fraction of sp³-hybridized carbons (Fsp3) is 0.130. The summed E-state index contributed by atoms with van der Waals surface area (Å²) < 4.78 is 7.20. The normalized spacial score (nSPS) is 11.7. The Kier molecular flexibility index (Phi) is 6.72. The minimum Gasteiger partial charge on any atom is -0.497 e. The summed E-state index contributed by atoms with van der Waals surface area (Å²) in [6, 6.07) is 20.7. The predicted molar refractivity (Wildman–Crippen MR) is 127 cm³/mol. The first-order valence-corrected chi connectivity index (χ1v) is 11.1. The second-order valence-electron chi connectivity index (χ2n) is 6.82. The molecule has 2 aromatic carbocycles. The van der Waals surface area contributed by atoms with Crippen LogP contribution in [0.4, 0.5) is 5.82 Å². The van der Waals surface area contributed by atoms with Crippen LogP contribution in [0.2, 0.25) is 5.02 Å². The Morgan fingerprint density at radius 2 is 1.81 bits per heavy atom. The van der Waals surface area contributed by atoms with Crippen LogP contribution in [0.3, 0.4) is 0 Å². The number of amides is 1. The third-order valence-corrected chi connectivity index (χ3v) is 5.89. The highest BCUT2D eigenvalue weighted by Gasteiger charge is 2.22. The summed E-state index contributed by atoms with van der Waals surface area (Å²) in [5.74, 6) is 1.68. The molecule has 0 fully saturated rings. The van der Waals surface area contributed by atoms with Crippen molar-refractivity contribution < 1.29 is 9.53 Å². The van der Waals surface area contributed by atoms with Crippen LogP contribution in [0.1, 0.15) is 6.92 Å². The third-order valence-electron chi connectivity index (χ3n) is 4.63. The highest BCUT2D eigenvalue weighted by Crippen LogP contribution is 2.31. The molecule has 4 aromatic rings. The molecule has 0 saturated carbocycles. The highest BCUT2D eigenvalue weighted by molar-refractivity contribution is 8.00. The number of para-hydroxylation sites is 1. The Hall–Kier alpha value is -3.36. The van der Waals surface area contributed by atoms with E-state index in [0.717, 1.165) is 17.0 Å². The van der Waals surface area contributed by atoms with Crippen molar-refractivity contribution in [3.8, 4) is 22.8 Å². The van der Waals surface area contributed by atoms with Crippen LogP contribution in [0, 0.1) is 0 Å². The minimum absolute atomic E-state index is 0.196. The Balaban J connectivity index is 1.62. The molecule has 2 aromatic heterocycles. The van der Waals surface area contributed by atoms with E-state index in [1.54, 1.807) is 19.2 Å². The fourth-order valence-electron chi connectivity index (χ4n) is 2.97. The molecule has 0 radical (unpaired) electrons. The number of thioether (sulfide) groups is 1. The predicted octanol–water partition coefficient (Wildman–Crippen LogP) is 5.11. The standard InChI is InChI=1S/C23H20ClN5O2S/c1-15(22(30)26-20-13-10-17(24)14-25-20)32-23-28-27-21(16-8-11-19(31-2)12-9-16)29(23)18-6-4-3-5-7-18/h3-15H,1-2H3,(H,25,26,30). The van der Waals surface area contributed by atoms with E-state index in [1.165, 1.54) is 18.0 Å². The number of aromatic nitrogens is 4. The quantitative estimate of drug-likeness (QED) is 0.382. The van der Waals surface area contributed by atoms with Crippen molar-refractivity contribution in [1.29, 1.82) is 0 Å². The number of pyridine rings is 1. The van der Waals surface area contributed by atoms with Gasteiger partial charge in [0, 0.05) is 17.4 Å². The molecule has 9 heteroatoms. The zero-order valence-electron chi connectivity index (χ0n) is 17.4. The number of benzene rings is 2. The maximum absolute atomic E-state index is 12.7. The monoisotopic (exact) mass is 465 g/mol. The van der Waals surface area contributed by atoms with E-state index in [9.17, 15) is 4.79 Å². The molecule has 0 aliphatic rings. The molecule has 1 unspecified atom stereocenters. The number of nitrogens with zero attached hydrogens (tertiary/aromatic N) is 4. The summed E-state index contributed by atoms with van der Waals surface area (Å²) >= 11 is 7.18. The minimum atomic E-state index is -0.442. The van der Waals surface area contributed by atoms with Crippen LogP contribution in [0.15, 0.2) is 78.1 Å². The SMILES string of the molecule is COc1ccc(-c2nnc(SC(C)C(=O)Nc3ccc(Cl)cn3)n2-c2ccccc2)cc1. The molecule has 0 aliphatic heterocycles. The van der Waals surface area contributed by atoms with Crippen LogP contribution in [-0.4, -0.2) is 38.0 Å². The Bertz CT molecular complexity index is 1200. The van der Waals surface area contributed by atoms with Gasteiger partial charge in [0.1, 0.15) is 11.6 Å². The maximum atomic E-state index is 12.7. The largest absolute Gasteiger partial charge is 0.497 e. The summed E-state index contributed by atoms with van der Waals surface area (Å²) in [7, 11) is 1.63. The van der Waals surface area contributed by atoms with E-state index in [2.05, 4.69) is 20.5 Å². The lowest BCUT2D eigenvalue weighted by Crippen LogP contribution is -2.23. The molecular formula is C23H20ClN5O2S.